The van der Waals surface area contributed by atoms with Crippen molar-refractivity contribution >= 4 is 12.5 Å². The maximum absolute atomic E-state index is 14.6. The third kappa shape index (κ3) is 5.32. The van der Waals surface area contributed by atoms with Gasteiger partial charge in [-0.3, -0.25) is 4.79 Å². The zero-order valence-corrected chi connectivity index (χ0v) is 17.6. The highest BCUT2D eigenvalue weighted by Gasteiger charge is 2.26. The predicted molar refractivity (Wildman–Crippen MR) is 116 cm³/mol. The van der Waals surface area contributed by atoms with Gasteiger partial charge in [0.2, 0.25) is 5.88 Å². The maximum Gasteiger partial charge on any atom is 0.267 e. The Morgan fingerprint density at radius 3 is 2.68 bits per heavy atom. The van der Waals surface area contributed by atoms with Crippen LogP contribution >= 0.6 is 0 Å². The molecule has 2 saturated heterocycles. The van der Waals surface area contributed by atoms with E-state index < -0.39 is 5.82 Å². The van der Waals surface area contributed by atoms with Crippen LogP contribution in [0.2, 0.25) is 12.6 Å². The Morgan fingerprint density at radius 2 is 1.97 bits per heavy atom. The molecule has 0 atom stereocenters. The summed E-state index contributed by atoms with van der Waals surface area (Å²) in [7, 11) is 0. The van der Waals surface area contributed by atoms with Crippen molar-refractivity contribution in [1.29, 1.82) is 5.26 Å². The molecule has 2 aromatic rings. The summed E-state index contributed by atoms with van der Waals surface area (Å²) >= 11 is 0. The Kier molecular flexibility index (Phi) is 6.98. The number of carbonyl (C=O) groups is 1. The summed E-state index contributed by atoms with van der Waals surface area (Å²) in [5.41, 5.74) is 1.76. The second kappa shape index (κ2) is 10.1. The van der Waals surface area contributed by atoms with Gasteiger partial charge in [0.15, 0.2) is 5.78 Å². The van der Waals surface area contributed by atoms with Gasteiger partial charge >= 0.3 is 0 Å². The summed E-state index contributed by atoms with van der Waals surface area (Å²) in [6, 6.07) is 10.3. The van der Waals surface area contributed by atoms with Crippen LogP contribution in [-0.2, 0) is 11.3 Å². The summed E-state index contributed by atoms with van der Waals surface area (Å²) in [6.07, 6.45) is 5.07. The molecule has 7 heteroatoms. The van der Waals surface area contributed by atoms with Crippen LogP contribution in [0.25, 0.3) is 0 Å². The molecule has 160 valence electrons. The van der Waals surface area contributed by atoms with Crippen LogP contribution in [0.15, 0.2) is 36.4 Å². The van der Waals surface area contributed by atoms with E-state index >= 15 is 0 Å². The highest BCUT2D eigenvalue weighted by molar-refractivity contribution is 6.67. The Hall–Kier alpha value is -2.72. The molecule has 4 rings (SSSR count). The third-order valence-electron chi connectivity index (χ3n) is 6.38. The molecule has 3 heterocycles. The van der Waals surface area contributed by atoms with Crippen molar-refractivity contribution in [2.45, 2.75) is 50.8 Å². The largest absolute Gasteiger partial charge is 0.473 e. The first-order valence-electron chi connectivity index (χ1n) is 11.0. The van der Waals surface area contributed by atoms with Gasteiger partial charge < -0.3 is 9.47 Å². The molecular formula is C24H26BFN2O3. The number of halogens is 1. The van der Waals surface area contributed by atoms with E-state index in [0.29, 0.717) is 49.0 Å². The van der Waals surface area contributed by atoms with Crippen LogP contribution in [0.5, 0.6) is 5.88 Å². The minimum Gasteiger partial charge on any atom is -0.473 e. The molecule has 0 saturated carbocycles. The molecule has 2 fully saturated rings. The molecule has 2 aliphatic rings. The Morgan fingerprint density at radius 1 is 1.19 bits per heavy atom. The van der Waals surface area contributed by atoms with Gasteiger partial charge in [0.05, 0.1) is 0 Å². The van der Waals surface area contributed by atoms with E-state index in [1.165, 1.54) is 6.07 Å². The van der Waals surface area contributed by atoms with Crippen molar-refractivity contribution in [3.63, 3.8) is 0 Å². The first-order valence-corrected chi connectivity index (χ1v) is 11.0. The van der Waals surface area contributed by atoms with Gasteiger partial charge in [-0.25, -0.2) is 14.6 Å². The number of Topliss-reactive ketones (excluding diaryl/α,β-unsaturated/α-hetero) is 1. The molecule has 0 aliphatic carbocycles. The Bertz CT molecular complexity index is 964. The molecule has 0 N–H and O–H groups in total. The summed E-state index contributed by atoms with van der Waals surface area (Å²) in [4.78, 5) is 17.2. The van der Waals surface area contributed by atoms with E-state index in [-0.39, 0.29) is 25.0 Å². The molecule has 1 aromatic carbocycles. The second-order valence-electron chi connectivity index (χ2n) is 8.42. The lowest BCUT2D eigenvalue weighted by Crippen LogP contribution is -2.23. The number of ether oxygens (including phenoxy) is 2. The number of hydrogen-bond acceptors (Lipinski definition) is 5. The zero-order chi connectivity index (χ0) is 21.6. The normalized spacial score (nSPS) is 17.9. The van der Waals surface area contributed by atoms with Crippen LogP contribution in [0.4, 0.5) is 4.39 Å². The summed E-state index contributed by atoms with van der Waals surface area (Å²) in [6.45, 7) is 1.36. The van der Waals surface area contributed by atoms with Crippen molar-refractivity contribution in [3.05, 3.63) is 59.0 Å². The van der Waals surface area contributed by atoms with E-state index in [0.717, 1.165) is 31.2 Å². The molecule has 0 bridgehead atoms. The van der Waals surface area contributed by atoms with Gasteiger partial charge in [-0.15, -0.1) is 0 Å². The number of benzene rings is 1. The number of rotatable bonds is 6. The van der Waals surface area contributed by atoms with Gasteiger partial charge in [-0.2, -0.15) is 0 Å². The van der Waals surface area contributed by atoms with E-state index in [9.17, 15) is 9.18 Å². The molecule has 0 spiro atoms. The summed E-state index contributed by atoms with van der Waals surface area (Å²) in [5.74, 6) is 2.60. The number of ketones is 1. The molecule has 5 nitrogen and oxygen atoms in total. The number of nitrogens with zero attached hydrogens (tertiary/aromatic N) is 2. The minimum atomic E-state index is -0.441. The first kappa shape index (κ1) is 21.5. The van der Waals surface area contributed by atoms with Gasteiger partial charge in [-0.05, 0) is 25.0 Å². The monoisotopic (exact) mass is 420 g/mol. The minimum absolute atomic E-state index is 0.0184. The molecule has 0 unspecified atom stereocenters. The predicted octanol–water partition coefficient (Wildman–Crippen LogP) is 4.84. The first-order chi connectivity index (χ1) is 15.1. The lowest BCUT2D eigenvalue weighted by atomic mass is 9.41. The van der Waals surface area contributed by atoms with Crippen molar-refractivity contribution in [3.8, 4) is 11.8 Å². The molecule has 0 radical (unpaired) electrons. The third-order valence-corrected chi connectivity index (χ3v) is 6.38. The lowest BCUT2D eigenvalue weighted by molar-refractivity contribution is 0.0544. The van der Waals surface area contributed by atoms with E-state index in [2.05, 4.69) is 11.0 Å². The Labute approximate surface area is 182 Å². The van der Waals surface area contributed by atoms with Gasteiger partial charge in [-0.1, -0.05) is 43.7 Å². The fourth-order valence-corrected chi connectivity index (χ4v) is 4.42. The van der Waals surface area contributed by atoms with E-state index in [1.807, 2.05) is 12.1 Å². The van der Waals surface area contributed by atoms with Crippen LogP contribution < -0.4 is 4.74 Å². The fraction of sp³-hybridized carbons (Fsp3) is 0.458. The van der Waals surface area contributed by atoms with Crippen molar-refractivity contribution in [1.82, 2.24) is 4.98 Å². The standard InChI is InChI=1S/C24H26BFN2O3/c26-21-14-19(24(29)18-8-12-30-13-9-18)4-5-20(21)15-31-23-3-1-2-22(28-23)17-6-10-25(16-27)11-7-17/h1-5,14,17-18H,6-13,15H2. The molecule has 2 aliphatic heterocycles. The van der Waals surface area contributed by atoms with Crippen LogP contribution in [0, 0.1) is 23.0 Å². The SMILES string of the molecule is N#CB1CCC(c2cccc(OCc3ccc(C(=O)C4CCOCC4)cc3F)n2)CC1. The molecule has 1 aromatic heterocycles. The highest BCUT2D eigenvalue weighted by Crippen LogP contribution is 2.33. The number of nitriles is 1. The quantitative estimate of drug-likeness (QED) is 0.494. The van der Waals surface area contributed by atoms with E-state index in [4.69, 9.17) is 14.7 Å². The van der Waals surface area contributed by atoms with Gasteiger partial charge in [0.1, 0.15) is 12.4 Å². The topological polar surface area (TPSA) is 72.2 Å². The molecular weight excluding hydrogens is 394 g/mol. The number of pyridine rings is 1. The maximum atomic E-state index is 14.6. The van der Waals surface area contributed by atoms with Crippen molar-refractivity contribution in [2.75, 3.05) is 13.2 Å². The number of aromatic nitrogens is 1. The summed E-state index contributed by atoms with van der Waals surface area (Å²) in [5, 5.41) is 9.07. The smallest absolute Gasteiger partial charge is 0.267 e. The van der Waals surface area contributed by atoms with Crippen molar-refractivity contribution < 1.29 is 18.7 Å². The van der Waals surface area contributed by atoms with E-state index in [1.54, 1.807) is 18.2 Å². The highest BCUT2D eigenvalue weighted by atomic mass is 19.1. The van der Waals surface area contributed by atoms with Crippen molar-refractivity contribution in [2.24, 2.45) is 5.92 Å². The molecule has 0 amide bonds. The lowest BCUT2D eigenvalue weighted by Gasteiger charge is -2.23. The van der Waals surface area contributed by atoms with Crippen LogP contribution in [0.3, 0.4) is 0 Å². The van der Waals surface area contributed by atoms with Gasteiger partial charge in [0.25, 0.3) is 6.71 Å². The van der Waals surface area contributed by atoms with Crippen LogP contribution in [0.1, 0.15) is 53.2 Å². The van der Waals surface area contributed by atoms with Crippen LogP contribution in [-0.4, -0.2) is 30.7 Å². The average Bonchev–Trinajstić information content (AvgIpc) is 2.83. The average molecular weight is 420 g/mol. The molecule has 31 heavy (non-hydrogen) atoms. The summed E-state index contributed by atoms with van der Waals surface area (Å²) < 4.78 is 25.7. The van der Waals surface area contributed by atoms with Gasteiger partial charge in [0, 0.05) is 53.9 Å². The second-order valence-corrected chi connectivity index (χ2v) is 8.42. The number of carbonyl (C=O) groups excluding carboxylic acids is 1. The fourth-order valence-electron chi connectivity index (χ4n) is 4.42. The number of hydrogen-bond donors (Lipinski definition) is 0. The zero-order valence-electron chi connectivity index (χ0n) is 17.6. The Balaban J connectivity index is 1.37.